The summed E-state index contributed by atoms with van der Waals surface area (Å²) in [5.41, 5.74) is 3.31. The molecule has 1 spiro atoms. The predicted molar refractivity (Wildman–Crippen MR) is 106 cm³/mol. The number of fused-ring (bicyclic) bond motifs is 4. The molecule has 0 radical (unpaired) electrons. The lowest BCUT2D eigenvalue weighted by atomic mass is 9.53. The lowest BCUT2D eigenvalue weighted by molar-refractivity contribution is -0.147. The van der Waals surface area contributed by atoms with Gasteiger partial charge < -0.3 is 9.47 Å². The Balaban J connectivity index is 1.21. The van der Waals surface area contributed by atoms with Crippen molar-refractivity contribution in [2.24, 2.45) is 23.2 Å². The zero-order valence-electron chi connectivity index (χ0n) is 16.9. The summed E-state index contributed by atoms with van der Waals surface area (Å²) < 4.78 is 12.0. The van der Waals surface area contributed by atoms with Crippen LogP contribution in [0, 0.1) is 23.2 Å². The first-order valence-electron chi connectivity index (χ1n) is 11.2. The minimum atomic E-state index is 0.0394. The molecule has 4 nitrogen and oxygen atoms in total. The van der Waals surface area contributed by atoms with E-state index in [9.17, 15) is 4.79 Å². The van der Waals surface area contributed by atoms with Crippen LogP contribution >= 0.6 is 0 Å². The summed E-state index contributed by atoms with van der Waals surface area (Å²) >= 11 is 0. The third-order valence-corrected chi connectivity index (χ3v) is 8.74. The Morgan fingerprint density at radius 3 is 2.86 bits per heavy atom. The van der Waals surface area contributed by atoms with Crippen molar-refractivity contribution in [2.45, 2.75) is 63.7 Å². The fraction of sp³-hybridized carbons (Fsp3) is 0.708. The zero-order valence-corrected chi connectivity index (χ0v) is 16.9. The summed E-state index contributed by atoms with van der Waals surface area (Å²) in [5, 5.41) is 0. The first-order chi connectivity index (χ1) is 13.6. The van der Waals surface area contributed by atoms with Crippen molar-refractivity contribution in [3.8, 4) is 0 Å². The van der Waals surface area contributed by atoms with Gasteiger partial charge in [0.05, 0.1) is 18.1 Å². The van der Waals surface area contributed by atoms with Gasteiger partial charge in [-0.15, -0.1) is 0 Å². The highest BCUT2D eigenvalue weighted by Crippen LogP contribution is 2.62. The molecule has 6 rings (SSSR count). The van der Waals surface area contributed by atoms with Crippen LogP contribution in [0.4, 0.5) is 0 Å². The topological polar surface area (TPSA) is 42.1 Å². The molecule has 3 heterocycles. The third kappa shape index (κ3) is 2.60. The number of carbonyl (C=O) groups excluding carboxylic acids is 1. The number of hydrogen-bond donors (Lipinski definition) is 0. The molecule has 2 saturated heterocycles. The second-order valence-electron chi connectivity index (χ2n) is 10.4. The van der Waals surface area contributed by atoms with Gasteiger partial charge >= 0.3 is 5.97 Å². The van der Waals surface area contributed by atoms with Crippen LogP contribution in [-0.4, -0.2) is 42.3 Å². The summed E-state index contributed by atoms with van der Waals surface area (Å²) in [7, 11) is 0. The number of ether oxygens (including phenoxy) is 2. The van der Waals surface area contributed by atoms with E-state index in [0.717, 1.165) is 45.5 Å². The molecule has 28 heavy (non-hydrogen) atoms. The Kier molecular flexibility index (Phi) is 3.78. The second-order valence-corrected chi connectivity index (χ2v) is 10.4. The van der Waals surface area contributed by atoms with Crippen molar-refractivity contribution < 1.29 is 14.3 Å². The molecule has 3 aliphatic heterocycles. The minimum absolute atomic E-state index is 0.0394. The molecule has 4 fully saturated rings. The van der Waals surface area contributed by atoms with Crippen LogP contribution in [0.25, 0.3) is 0 Å². The molecule has 0 aromatic heterocycles. The van der Waals surface area contributed by atoms with Gasteiger partial charge in [0, 0.05) is 25.6 Å². The molecule has 6 atom stereocenters. The monoisotopic (exact) mass is 381 g/mol. The number of nitrogens with zero attached hydrogens (tertiary/aromatic N) is 1. The fourth-order valence-electron chi connectivity index (χ4n) is 7.15. The maximum atomic E-state index is 12.9. The van der Waals surface area contributed by atoms with Crippen LogP contribution in [0.2, 0.25) is 0 Å². The van der Waals surface area contributed by atoms with Gasteiger partial charge in [0.15, 0.2) is 0 Å². The molecule has 4 heteroatoms. The van der Waals surface area contributed by atoms with Gasteiger partial charge in [-0.25, -0.2) is 0 Å². The van der Waals surface area contributed by atoms with E-state index in [0.29, 0.717) is 11.8 Å². The maximum Gasteiger partial charge on any atom is 0.310 e. The Hall–Kier alpha value is -1.39. The smallest absolute Gasteiger partial charge is 0.310 e. The van der Waals surface area contributed by atoms with Crippen molar-refractivity contribution >= 4 is 5.97 Å². The summed E-state index contributed by atoms with van der Waals surface area (Å²) in [6, 6.07) is 8.74. The number of rotatable bonds is 2. The molecule has 2 aliphatic carbocycles. The zero-order chi connectivity index (χ0) is 18.9. The van der Waals surface area contributed by atoms with Crippen molar-refractivity contribution in [1.29, 1.82) is 0 Å². The Morgan fingerprint density at radius 2 is 2.04 bits per heavy atom. The van der Waals surface area contributed by atoms with Gasteiger partial charge in [0.25, 0.3) is 0 Å². The Bertz CT molecular complexity index is 803. The molecule has 0 amide bonds. The van der Waals surface area contributed by atoms with Gasteiger partial charge in [-0.2, -0.15) is 0 Å². The Labute approximate surface area is 167 Å². The second kappa shape index (κ2) is 6.06. The van der Waals surface area contributed by atoms with Crippen LogP contribution in [0.1, 0.15) is 50.2 Å². The summed E-state index contributed by atoms with van der Waals surface area (Å²) in [6.45, 7) is 6.23. The first kappa shape index (κ1) is 17.5. The van der Waals surface area contributed by atoms with Gasteiger partial charge in [-0.05, 0) is 61.0 Å². The average molecular weight is 382 g/mol. The normalized spacial score (nSPS) is 44.5. The largest absolute Gasteiger partial charge is 0.462 e. The molecule has 0 N–H and O–H groups in total. The van der Waals surface area contributed by atoms with Crippen molar-refractivity contribution in [3.05, 3.63) is 35.4 Å². The average Bonchev–Trinajstić information content (AvgIpc) is 3.39. The Morgan fingerprint density at radius 1 is 1.21 bits per heavy atom. The maximum absolute atomic E-state index is 12.9. The molecule has 5 aliphatic rings. The van der Waals surface area contributed by atoms with E-state index in [1.54, 1.807) is 0 Å². The van der Waals surface area contributed by atoms with Crippen LogP contribution in [0.15, 0.2) is 24.3 Å². The van der Waals surface area contributed by atoms with E-state index in [-0.39, 0.29) is 29.0 Å². The number of epoxide rings is 1. The minimum Gasteiger partial charge on any atom is -0.462 e. The predicted octanol–water partition coefficient (Wildman–Crippen LogP) is 3.57. The lowest BCUT2D eigenvalue weighted by Gasteiger charge is -2.51. The van der Waals surface area contributed by atoms with E-state index < -0.39 is 0 Å². The third-order valence-electron chi connectivity index (χ3n) is 8.74. The van der Waals surface area contributed by atoms with E-state index in [2.05, 4.69) is 36.1 Å². The number of esters is 1. The highest BCUT2D eigenvalue weighted by atomic mass is 16.6. The summed E-state index contributed by atoms with van der Waals surface area (Å²) in [5.74, 6) is 1.08. The van der Waals surface area contributed by atoms with Crippen LogP contribution < -0.4 is 0 Å². The van der Waals surface area contributed by atoms with E-state index >= 15 is 0 Å². The highest BCUT2D eigenvalue weighted by Gasteiger charge is 2.65. The van der Waals surface area contributed by atoms with Gasteiger partial charge in [-0.3, -0.25) is 9.69 Å². The summed E-state index contributed by atoms with van der Waals surface area (Å²) in [4.78, 5) is 15.3. The van der Waals surface area contributed by atoms with Crippen molar-refractivity contribution in [1.82, 2.24) is 4.90 Å². The highest BCUT2D eigenvalue weighted by molar-refractivity contribution is 5.75. The molecular formula is C24H31NO3. The molecule has 1 aromatic rings. The standard InChI is InChI=1S/C24H31NO3/c1-23-8-4-9-24(15-27-24)21(23)11-18-19(22(26)28-20(18)12-23)14-25-10-7-16-5-2-3-6-17(16)13-25/h2-3,5-6,18-21H,4,7-15H2,1H3/t18-,19?,20-,21?,23-,24?/m1/s1. The van der Waals surface area contributed by atoms with Gasteiger partial charge in [-0.1, -0.05) is 31.2 Å². The molecule has 1 aromatic carbocycles. The van der Waals surface area contributed by atoms with Crippen LogP contribution in [0.5, 0.6) is 0 Å². The molecule has 3 unspecified atom stereocenters. The van der Waals surface area contributed by atoms with Crippen molar-refractivity contribution in [2.75, 3.05) is 19.7 Å². The van der Waals surface area contributed by atoms with E-state index in [4.69, 9.17) is 9.47 Å². The van der Waals surface area contributed by atoms with Crippen LogP contribution in [-0.2, 0) is 27.2 Å². The van der Waals surface area contributed by atoms with Crippen LogP contribution in [0.3, 0.4) is 0 Å². The number of hydrogen-bond acceptors (Lipinski definition) is 4. The van der Waals surface area contributed by atoms with Gasteiger partial charge in [0.2, 0.25) is 0 Å². The first-order valence-corrected chi connectivity index (χ1v) is 11.2. The van der Waals surface area contributed by atoms with Gasteiger partial charge in [0.1, 0.15) is 6.10 Å². The molecule has 2 saturated carbocycles. The lowest BCUT2D eigenvalue weighted by Crippen LogP contribution is -2.51. The number of carbonyl (C=O) groups is 1. The van der Waals surface area contributed by atoms with E-state index in [1.807, 2.05) is 0 Å². The quantitative estimate of drug-likeness (QED) is 0.580. The molecule has 150 valence electrons. The van der Waals surface area contributed by atoms with Crippen molar-refractivity contribution in [3.63, 3.8) is 0 Å². The van der Waals surface area contributed by atoms with E-state index in [1.165, 1.54) is 30.4 Å². The number of benzene rings is 1. The fourth-order valence-corrected chi connectivity index (χ4v) is 7.15. The summed E-state index contributed by atoms with van der Waals surface area (Å²) in [6.07, 6.45) is 7.10. The molecular weight excluding hydrogens is 350 g/mol. The molecule has 0 bridgehead atoms. The SMILES string of the molecule is C[C@]12CCCC3(CO3)C1C[C@@H]1C(CN3CCc4ccccc4C3)C(=O)O[C@@H]1C2.